The van der Waals surface area contributed by atoms with Gasteiger partial charge in [-0.2, -0.15) is 0 Å². The number of carbonyl (C=O) groups excluding carboxylic acids is 1. The zero-order chi connectivity index (χ0) is 20.6. The minimum Gasteiger partial charge on any atom is -0.341 e. The summed E-state index contributed by atoms with van der Waals surface area (Å²) in [6.07, 6.45) is 4.21. The third-order valence-electron chi connectivity index (χ3n) is 5.94. The fourth-order valence-corrected chi connectivity index (χ4v) is 5.86. The second-order valence-electron chi connectivity index (χ2n) is 8.23. The first-order chi connectivity index (χ1) is 13.9. The summed E-state index contributed by atoms with van der Waals surface area (Å²) in [6.45, 7) is 5.51. The van der Waals surface area contributed by atoms with Gasteiger partial charge in [-0.3, -0.25) is 9.10 Å². The molecule has 6 heteroatoms. The van der Waals surface area contributed by atoms with Gasteiger partial charge < -0.3 is 4.90 Å². The lowest BCUT2D eigenvalue weighted by molar-refractivity contribution is -0.129. The summed E-state index contributed by atoms with van der Waals surface area (Å²) in [6, 6.07) is 13.0. The Morgan fingerprint density at radius 3 is 2.34 bits per heavy atom. The first-order valence-corrected chi connectivity index (χ1v) is 11.9. The molecule has 0 N–H and O–H groups in total. The summed E-state index contributed by atoms with van der Waals surface area (Å²) in [5, 5.41) is 0. The normalized spacial score (nSPS) is 18.2. The molecular weight excluding hydrogens is 384 g/mol. The summed E-state index contributed by atoms with van der Waals surface area (Å²) in [7, 11) is -3.79. The number of hydrogen-bond donors (Lipinski definition) is 0. The van der Waals surface area contributed by atoms with Crippen LogP contribution in [0.4, 0.5) is 5.69 Å². The minimum atomic E-state index is -3.79. The average molecular weight is 413 g/mol. The van der Waals surface area contributed by atoms with E-state index in [0.29, 0.717) is 30.3 Å². The molecule has 2 aromatic rings. The van der Waals surface area contributed by atoms with E-state index in [1.807, 2.05) is 29.2 Å². The Morgan fingerprint density at radius 1 is 0.966 bits per heavy atom. The second-order valence-corrected chi connectivity index (χ2v) is 10.1. The molecule has 0 atom stereocenters. The highest BCUT2D eigenvalue weighted by molar-refractivity contribution is 7.93. The average Bonchev–Trinajstić information content (AvgIpc) is 3.00. The van der Waals surface area contributed by atoms with Crippen LogP contribution < -0.4 is 4.31 Å². The summed E-state index contributed by atoms with van der Waals surface area (Å²) >= 11 is 0. The van der Waals surface area contributed by atoms with Crippen molar-refractivity contribution in [3.63, 3.8) is 0 Å². The van der Waals surface area contributed by atoms with Gasteiger partial charge in [0.05, 0.1) is 10.6 Å². The monoisotopic (exact) mass is 412 g/mol. The molecule has 0 radical (unpaired) electrons. The lowest BCUT2D eigenvalue weighted by Gasteiger charge is -2.33. The van der Waals surface area contributed by atoms with Gasteiger partial charge in [0.2, 0.25) is 5.91 Å². The van der Waals surface area contributed by atoms with Crippen LogP contribution in [0.25, 0.3) is 11.1 Å². The first kappa shape index (κ1) is 20.0. The Hall–Kier alpha value is -2.34. The van der Waals surface area contributed by atoms with Crippen LogP contribution >= 0.6 is 0 Å². The highest BCUT2D eigenvalue weighted by atomic mass is 32.2. The molecular formula is C23H28N2O3S. The molecule has 5 nitrogen and oxygen atoms in total. The van der Waals surface area contributed by atoms with E-state index in [-0.39, 0.29) is 17.3 Å². The van der Waals surface area contributed by atoms with E-state index in [9.17, 15) is 13.2 Å². The van der Waals surface area contributed by atoms with E-state index >= 15 is 0 Å². The fraction of sp³-hybridized carbons (Fsp3) is 0.435. The number of carbonyl (C=O) groups is 1. The van der Waals surface area contributed by atoms with Gasteiger partial charge in [0.25, 0.3) is 10.0 Å². The standard InChI is InChI=1S/C23H28N2O3S/c1-17(2)18-11-12-21-20(15-18)19-9-5-6-10-22(19)29(27,28)25(21)16-23(26)24-13-7-3-4-8-14-24/h5-6,9-12,15,17H,3-4,7-8,13-14,16H2,1-2H3. The van der Waals surface area contributed by atoms with Crippen molar-refractivity contribution in [3.8, 4) is 11.1 Å². The SMILES string of the molecule is CC(C)c1ccc2c(c1)-c1ccccc1S(=O)(=O)N2CC(=O)N1CCCCCC1. The third kappa shape index (κ3) is 3.66. The molecule has 2 aliphatic heterocycles. The van der Waals surface area contributed by atoms with Gasteiger partial charge in [0.1, 0.15) is 6.54 Å². The summed E-state index contributed by atoms with van der Waals surface area (Å²) in [5.74, 6) is 0.215. The molecule has 154 valence electrons. The third-order valence-corrected chi connectivity index (χ3v) is 7.76. The molecule has 0 aliphatic carbocycles. The molecule has 2 heterocycles. The van der Waals surface area contributed by atoms with E-state index in [2.05, 4.69) is 19.9 Å². The van der Waals surface area contributed by atoms with Gasteiger partial charge in [-0.25, -0.2) is 8.42 Å². The number of fused-ring (bicyclic) bond motifs is 3. The lowest BCUT2D eigenvalue weighted by Crippen LogP contribution is -2.44. The topological polar surface area (TPSA) is 57.7 Å². The van der Waals surface area contributed by atoms with Crippen molar-refractivity contribution < 1.29 is 13.2 Å². The lowest BCUT2D eigenvalue weighted by atomic mass is 9.95. The quantitative estimate of drug-likeness (QED) is 0.751. The Balaban J connectivity index is 1.77. The van der Waals surface area contributed by atoms with E-state index in [0.717, 1.165) is 36.8 Å². The summed E-state index contributed by atoms with van der Waals surface area (Å²) in [4.78, 5) is 15.1. The van der Waals surface area contributed by atoms with Gasteiger partial charge in [-0.05, 0) is 42.5 Å². The maximum atomic E-state index is 13.4. The maximum Gasteiger partial charge on any atom is 0.265 e. The van der Waals surface area contributed by atoms with E-state index < -0.39 is 10.0 Å². The van der Waals surface area contributed by atoms with Crippen molar-refractivity contribution >= 4 is 21.6 Å². The highest BCUT2D eigenvalue weighted by Gasteiger charge is 2.36. The largest absolute Gasteiger partial charge is 0.341 e. The molecule has 4 rings (SSSR count). The number of hydrogen-bond acceptors (Lipinski definition) is 3. The zero-order valence-corrected chi connectivity index (χ0v) is 17.9. The molecule has 0 bridgehead atoms. The molecule has 2 aromatic carbocycles. The summed E-state index contributed by atoms with van der Waals surface area (Å²) < 4.78 is 28.2. The second kappa shape index (κ2) is 7.82. The number of rotatable bonds is 3. The first-order valence-electron chi connectivity index (χ1n) is 10.4. The van der Waals surface area contributed by atoms with Crippen molar-refractivity contribution in [3.05, 3.63) is 48.0 Å². The maximum absolute atomic E-state index is 13.4. The smallest absolute Gasteiger partial charge is 0.265 e. The molecule has 0 saturated carbocycles. The summed E-state index contributed by atoms with van der Waals surface area (Å²) in [5.41, 5.74) is 3.33. The van der Waals surface area contributed by atoms with Gasteiger partial charge in [0.15, 0.2) is 0 Å². The minimum absolute atomic E-state index is 0.117. The van der Waals surface area contributed by atoms with E-state index in [1.54, 1.807) is 12.1 Å². The Labute approximate surface area is 173 Å². The molecule has 1 amide bonds. The van der Waals surface area contributed by atoms with Crippen LogP contribution in [0.5, 0.6) is 0 Å². The van der Waals surface area contributed by atoms with Gasteiger partial charge in [-0.15, -0.1) is 0 Å². The van der Waals surface area contributed by atoms with Crippen LogP contribution in [0, 0.1) is 0 Å². The zero-order valence-electron chi connectivity index (χ0n) is 17.1. The van der Waals surface area contributed by atoms with Crippen LogP contribution in [0.15, 0.2) is 47.4 Å². The number of sulfonamides is 1. The Kier molecular flexibility index (Phi) is 5.38. The van der Waals surface area contributed by atoms with E-state index in [1.165, 1.54) is 4.31 Å². The van der Waals surface area contributed by atoms with E-state index in [4.69, 9.17) is 0 Å². The van der Waals surface area contributed by atoms with Crippen LogP contribution in [0.3, 0.4) is 0 Å². The molecule has 29 heavy (non-hydrogen) atoms. The number of likely N-dealkylation sites (tertiary alicyclic amines) is 1. The van der Waals surface area contributed by atoms with Crippen molar-refractivity contribution in [1.29, 1.82) is 0 Å². The molecule has 2 aliphatic rings. The molecule has 0 unspecified atom stereocenters. The van der Waals surface area contributed by atoms with Crippen LogP contribution in [0.2, 0.25) is 0 Å². The molecule has 0 spiro atoms. The molecule has 0 aromatic heterocycles. The Morgan fingerprint density at radius 2 is 1.66 bits per heavy atom. The molecule has 1 saturated heterocycles. The van der Waals surface area contributed by atoms with Crippen LogP contribution in [-0.2, 0) is 14.8 Å². The molecule has 1 fully saturated rings. The van der Waals surface area contributed by atoms with Crippen LogP contribution in [-0.4, -0.2) is 38.9 Å². The van der Waals surface area contributed by atoms with Crippen molar-refractivity contribution in [1.82, 2.24) is 4.90 Å². The van der Waals surface area contributed by atoms with Crippen molar-refractivity contribution in [2.24, 2.45) is 0 Å². The number of benzene rings is 2. The predicted molar refractivity (Wildman–Crippen MR) is 116 cm³/mol. The van der Waals surface area contributed by atoms with Crippen LogP contribution in [0.1, 0.15) is 51.0 Å². The predicted octanol–water partition coefficient (Wildman–Crippen LogP) is 4.39. The number of anilines is 1. The fourth-order valence-electron chi connectivity index (χ4n) is 4.22. The van der Waals surface area contributed by atoms with Crippen molar-refractivity contribution in [2.45, 2.75) is 50.3 Å². The van der Waals surface area contributed by atoms with Gasteiger partial charge in [0, 0.05) is 24.2 Å². The van der Waals surface area contributed by atoms with Crippen molar-refractivity contribution in [2.75, 3.05) is 23.9 Å². The highest BCUT2D eigenvalue weighted by Crippen LogP contribution is 2.44. The number of nitrogens with zero attached hydrogens (tertiary/aromatic N) is 2. The number of amides is 1. The van der Waals surface area contributed by atoms with Gasteiger partial charge in [-0.1, -0.05) is 51.0 Å². The Bertz CT molecular complexity index is 1020. The van der Waals surface area contributed by atoms with Gasteiger partial charge >= 0.3 is 0 Å².